The Morgan fingerprint density at radius 2 is 2.05 bits per heavy atom. The summed E-state index contributed by atoms with van der Waals surface area (Å²) in [7, 11) is 0. The quantitative estimate of drug-likeness (QED) is 0.854. The number of rotatable bonds is 5. The monoisotopic (exact) mass is 348 g/mol. The average molecular weight is 350 g/mol. The first-order valence-electron chi connectivity index (χ1n) is 6.22. The summed E-state index contributed by atoms with van der Waals surface area (Å²) < 4.78 is 0.993. The number of carbonyl (C=O) groups is 1. The molecule has 0 saturated carbocycles. The van der Waals surface area contributed by atoms with Crippen LogP contribution in [0.25, 0.3) is 0 Å². The van der Waals surface area contributed by atoms with Gasteiger partial charge in [0.1, 0.15) is 0 Å². The molecule has 0 radical (unpaired) electrons. The van der Waals surface area contributed by atoms with Crippen LogP contribution < -0.4 is 11.1 Å². The molecule has 5 heteroatoms. The van der Waals surface area contributed by atoms with Gasteiger partial charge in [-0.15, -0.1) is 12.4 Å². The Morgan fingerprint density at radius 3 is 2.58 bits per heavy atom. The molecule has 0 aliphatic heterocycles. The maximum atomic E-state index is 12.1. The summed E-state index contributed by atoms with van der Waals surface area (Å²) in [6.45, 7) is 5.76. The Morgan fingerprint density at radius 1 is 1.47 bits per heavy atom. The van der Waals surface area contributed by atoms with Crippen molar-refractivity contribution in [3.05, 3.63) is 34.3 Å². The lowest BCUT2D eigenvalue weighted by molar-refractivity contribution is -0.126. The van der Waals surface area contributed by atoms with Gasteiger partial charge in [0.25, 0.3) is 0 Å². The molecule has 3 N–H and O–H groups in total. The minimum Gasteiger partial charge on any atom is -0.348 e. The van der Waals surface area contributed by atoms with Crippen molar-refractivity contribution in [3.63, 3.8) is 0 Å². The van der Waals surface area contributed by atoms with Gasteiger partial charge in [-0.05, 0) is 31.9 Å². The molecule has 1 aromatic rings. The molecule has 0 aromatic heterocycles. The number of benzene rings is 1. The molecule has 1 aromatic carbocycles. The third-order valence-corrected chi connectivity index (χ3v) is 3.73. The standard InChI is InChI=1S/C14H21BrN2O.ClH/c1-4-9-14(3,16)13(18)17-10(2)11-7-5-6-8-12(11)15;/h5-8,10H,4,9,16H2,1-3H3,(H,17,18);1H. The molecule has 0 saturated heterocycles. The summed E-state index contributed by atoms with van der Waals surface area (Å²) in [5, 5.41) is 2.97. The number of nitrogens with one attached hydrogen (secondary N) is 1. The maximum Gasteiger partial charge on any atom is 0.240 e. The molecule has 1 rings (SSSR count). The molecule has 108 valence electrons. The van der Waals surface area contributed by atoms with Crippen molar-refractivity contribution in [2.24, 2.45) is 5.73 Å². The van der Waals surface area contributed by atoms with Crippen LogP contribution in [0.4, 0.5) is 0 Å². The van der Waals surface area contributed by atoms with Crippen molar-refractivity contribution in [2.75, 3.05) is 0 Å². The Hall–Kier alpha value is -0.580. The molecule has 0 heterocycles. The van der Waals surface area contributed by atoms with Gasteiger partial charge in [0.05, 0.1) is 11.6 Å². The summed E-state index contributed by atoms with van der Waals surface area (Å²) >= 11 is 3.49. The second-order valence-corrected chi connectivity index (χ2v) is 5.74. The van der Waals surface area contributed by atoms with Gasteiger partial charge < -0.3 is 11.1 Å². The van der Waals surface area contributed by atoms with E-state index in [9.17, 15) is 4.79 Å². The van der Waals surface area contributed by atoms with Gasteiger partial charge >= 0.3 is 0 Å². The number of carbonyl (C=O) groups excluding carboxylic acids is 1. The highest BCUT2D eigenvalue weighted by molar-refractivity contribution is 9.10. The van der Waals surface area contributed by atoms with Crippen LogP contribution in [0.5, 0.6) is 0 Å². The van der Waals surface area contributed by atoms with Crippen molar-refractivity contribution in [1.29, 1.82) is 0 Å². The second-order valence-electron chi connectivity index (χ2n) is 4.88. The molecule has 0 bridgehead atoms. The lowest BCUT2D eigenvalue weighted by atomic mass is 9.95. The minimum atomic E-state index is -0.801. The van der Waals surface area contributed by atoms with Crippen LogP contribution in [-0.4, -0.2) is 11.4 Å². The topological polar surface area (TPSA) is 55.1 Å². The van der Waals surface area contributed by atoms with E-state index < -0.39 is 5.54 Å². The molecule has 19 heavy (non-hydrogen) atoms. The van der Waals surface area contributed by atoms with Crippen molar-refractivity contribution in [1.82, 2.24) is 5.32 Å². The second kappa shape index (κ2) is 7.88. The van der Waals surface area contributed by atoms with Gasteiger partial charge in [-0.1, -0.05) is 47.5 Å². The lowest BCUT2D eigenvalue weighted by Crippen LogP contribution is -2.52. The zero-order chi connectivity index (χ0) is 13.8. The summed E-state index contributed by atoms with van der Waals surface area (Å²) in [5.74, 6) is -0.104. The van der Waals surface area contributed by atoms with Gasteiger partial charge in [-0.3, -0.25) is 4.79 Å². The van der Waals surface area contributed by atoms with Crippen LogP contribution in [-0.2, 0) is 4.79 Å². The summed E-state index contributed by atoms with van der Waals surface area (Å²) in [6.07, 6.45) is 1.57. The van der Waals surface area contributed by atoms with Gasteiger partial charge in [0.15, 0.2) is 0 Å². The lowest BCUT2D eigenvalue weighted by Gasteiger charge is -2.26. The normalized spacial score (nSPS) is 15.0. The predicted molar refractivity (Wildman–Crippen MR) is 85.4 cm³/mol. The van der Waals surface area contributed by atoms with E-state index in [-0.39, 0.29) is 24.4 Å². The highest BCUT2D eigenvalue weighted by Crippen LogP contribution is 2.23. The van der Waals surface area contributed by atoms with Crippen molar-refractivity contribution < 1.29 is 4.79 Å². The fourth-order valence-corrected chi connectivity index (χ4v) is 2.53. The number of nitrogens with two attached hydrogens (primary N) is 1. The predicted octanol–water partition coefficient (Wildman–Crippen LogP) is 3.57. The molecular weight excluding hydrogens is 328 g/mol. The van der Waals surface area contributed by atoms with E-state index in [1.807, 2.05) is 38.1 Å². The van der Waals surface area contributed by atoms with E-state index in [4.69, 9.17) is 5.73 Å². The summed E-state index contributed by atoms with van der Waals surface area (Å²) in [5.41, 5.74) is 6.26. The van der Waals surface area contributed by atoms with Gasteiger partial charge in [0, 0.05) is 4.47 Å². The highest BCUT2D eigenvalue weighted by Gasteiger charge is 2.28. The highest BCUT2D eigenvalue weighted by atomic mass is 79.9. The minimum absolute atomic E-state index is 0. The van der Waals surface area contributed by atoms with Crippen LogP contribution in [0.3, 0.4) is 0 Å². The molecule has 0 spiro atoms. The summed E-state index contributed by atoms with van der Waals surface area (Å²) in [4.78, 5) is 12.1. The Kier molecular flexibility index (Phi) is 7.64. The Labute approximate surface area is 129 Å². The van der Waals surface area contributed by atoms with E-state index in [2.05, 4.69) is 21.2 Å². The van der Waals surface area contributed by atoms with Crippen molar-refractivity contribution in [2.45, 2.75) is 45.2 Å². The van der Waals surface area contributed by atoms with Crippen LogP contribution in [0.1, 0.15) is 45.2 Å². The molecule has 1 amide bonds. The average Bonchev–Trinajstić information content (AvgIpc) is 2.29. The van der Waals surface area contributed by atoms with Gasteiger partial charge in [-0.25, -0.2) is 0 Å². The fraction of sp³-hybridized carbons (Fsp3) is 0.500. The fourth-order valence-electron chi connectivity index (χ4n) is 1.90. The number of amides is 1. The molecule has 0 aliphatic carbocycles. The SMILES string of the molecule is CCCC(C)(N)C(=O)NC(C)c1ccccc1Br.Cl. The molecule has 0 aliphatic rings. The first-order chi connectivity index (χ1) is 8.38. The van der Waals surface area contributed by atoms with Crippen LogP contribution in [0, 0.1) is 0 Å². The molecular formula is C14H22BrClN2O. The van der Waals surface area contributed by atoms with Crippen LogP contribution >= 0.6 is 28.3 Å². The summed E-state index contributed by atoms with van der Waals surface area (Å²) in [6, 6.07) is 7.80. The van der Waals surface area contributed by atoms with E-state index >= 15 is 0 Å². The third-order valence-electron chi connectivity index (χ3n) is 3.01. The van der Waals surface area contributed by atoms with E-state index in [0.29, 0.717) is 6.42 Å². The number of halogens is 2. The third kappa shape index (κ3) is 5.13. The molecule has 0 fully saturated rings. The molecule has 2 atom stereocenters. The smallest absolute Gasteiger partial charge is 0.240 e. The number of hydrogen-bond donors (Lipinski definition) is 2. The first-order valence-corrected chi connectivity index (χ1v) is 7.02. The first kappa shape index (κ1) is 18.4. The van der Waals surface area contributed by atoms with Crippen LogP contribution in [0.15, 0.2) is 28.7 Å². The van der Waals surface area contributed by atoms with Crippen molar-refractivity contribution >= 4 is 34.2 Å². The van der Waals surface area contributed by atoms with E-state index in [1.165, 1.54) is 0 Å². The zero-order valence-electron chi connectivity index (χ0n) is 11.6. The van der Waals surface area contributed by atoms with Gasteiger partial charge in [0.2, 0.25) is 5.91 Å². The van der Waals surface area contributed by atoms with E-state index in [1.54, 1.807) is 6.92 Å². The molecule has 2 unspecified atom stereocenters. The zero-order valence-corrected chi connectivity index (χ0v) is 14.0. The Balaban J connectivity index is 0.00000324. The number of hydrogen-bond acceptors (Lipinski definition) is 2. The van der Waals surface area contributed by atoms with Gasteiger partial charge in [-0.2, -0.15) is 0 Å². The van der Waals surface area contributed by atoms with Crippen LogP contribution in [0.2, 0.25) is 0 Å². The maximum absolute atomic E-state index is 12.1. The van der Waals surface area contributed by atoms with Crippen molar-refractivity contribution in [3.8, 4) is 0 Å². The largest absolute Gasteiger partial charge is 0.348 e. The Bertz CT molecular complexity index is 424. The van der Waals surface area contributed by atoms with E-state index in [0.717, 1.165) is 16.5 Å². The molecule has 3 nitrogen and oxygen atoms in total.